The average molecular weight is 206 g/mol. The fourth-order valence-electron chi connectivity index (χ4n) is 0.850. The number of para-hydroxylation sites is 1. The van der Waals surface area contributed by atoms with Crippen LogP contribution >= 0.6 is 12.2 Å². The Hall–Kier alpha value is -1.42. The van der Waals surface area contributed by atoms with Crippen molar-refractivity contribution in [1.82, 2.24) is 5.43 Å². The molecule has 0 aliphatic carbocycles. The third kappa shape index (κ3) is 4.00. The molecule has 3 nitrogen and oxygen atoms in total. The number of nitrogens with zero attached hydrogens (tertiary/aromatic N) is 1. The Morgan fingerprint density at radius 3 is 2.79 bits per heavy atom. The van der Waals surface area contributed by atoms with Crippen LogP contribution in [0, 0.1) is 0 Å². The standard InChI is InChI=1S/C10H12N3S/c1-2-8-11-13-10(14)12-9-6-4-3-5-7-9/h3-7H,2H2,1H3,(H2,12,13,14). The van der Waals surface area contributed by atoms with Gasteiger partial charge in [0.05, 0.1) is 6.21 Å². The van der Waals surface area contributed by atoms with E-state index in [0.29, 0.717) is 5.11 Å². The first-order chi connectivity index (χ1) is 6.83. The van der Waals surface area contributed by atoms with Gasteiger partial charge in [0.1, 0.15) is 0 Å². The molecule has 0 unspecified atom stereocenters. The van der Waals surface area contributed by atoms with Crippen molar-refractivity contribution in [3.05, 3.63) is 30.3 Å². The second-order valence-corrected chi connectivity index (χ2v) is 2.96. The number of hydrazone groups is 1. The quantitative estimate of drug-likeness (QED) is 0.452. The maximum Gasteiger partial charge on any atom is 0.191 e. The van der Waals surface area contributed by atoms with Gasteiger partial charge in [0.25, 0.3) is 0 Å². The average Bonchev–Trinajstić information content (AvgIpc) is 2.20. The lowest BCUT2D eigenvalue weighted by Gasteiger charge is -2.05. The molecule has 0 saturated heterocycles. The van der Waals surface area contributed by atoms with E-state index in [4.69, 9.17) is 12.2 Å². The van der Waals surface area contributed by atoms with E-state index in [9.17, 15) is 0 Å². The van der Waals surface area contributed by atoms with E-state index in [1.165, 1.54) is 0 Å². The Kier molecular flexibility index (Phi) is 4.64. The molecular formula is C10H12N3S. The first kappa shape index (κ1) is 10.7. The highest BCUT2D eigenvalue weighted by Crippen LogP contribution is 2.03. The summed E-state index contributed by atoms with van der Waals surface area (Å²) in [6.45, 7) is 1.96. The number of thiocarbonyl (C=S) groups is 1. The summed E-state index contributed by atoms with van der Waals surface area (Å²) in [7, 11) is 0. The smallest absolute Gasteiger partial charge is 0.191 e. The van der Waals surface area contributed by atoms with Gasteiger partial charge in [-0.15, -0.1) is 0 Å². The second kappa shape index (κ2) is 6.10. The summed E-state index contributed by atoms with van der Waals surface area (Å²) in [5, 5.41) is 7.24. The van der Waals surface area contributed by atoms with E-state index in [2.05, 4.69) is 22.1 Å². The van der Waals surface area contributed by atoms with Crippen LogP contribution in [0.1, 0.15) is 13.3 Å². The lowest BCUT2D eigenvalue weighted by molar-refractivity contribution is 1.04. The van der Waals surface area contributed by atoms with E-state index in [1.54, 1.807) is 0 Å². The summed E-state index contributed by atoms with van der Waals surface area (Å²) in [6, 6.07) is 9.69. The molecule has 0 saturated carbocycles. The first-order valence-corrected chi connectivity index (χ1v) is 4.78. The lowest BCUT2D eigenvalue weighted by Crippen LogP contribution is -2.23. The van der Waals surface area contributed by atoms with Gasteiger partial charge in [-0.05, 0) is 30.8 Å². The molecule has 0 bridgehead atoms. The second-order valence-electron chi connectivity index (χ2n) is 2.56. The highest BCUT2D eigenvalue weighted by atomic mass is 32.1. The van der Waals surface area contributed by atoms with Crippen LogP contribution in [0.4, 0.5) is 5.69 Å². The van der Waals surface area contributed by atoms with Crippen LogP contribution in [0.25, 0.3) is 0 Å². The minimum absolute atomic E-state index is 0.470. The first-order valence-electron chi connectivity index (χ1n) is 4.37. The zero-order valence-electron chi connectivity index (χ0n) is 7.95. The van der Waals surface area contributed by atoms with E-state index in [1.807, 2.05) is 37.3 Å². The van der Waals surface area contributed by atoms with Gasteiger partial charge in [-0.2, -0.15) is 5.10 Å². The fourth-order valence-corrected chi connectivity index (χ4v) is 1.01. The predicted molar refractivity (Wildman–Crippen MR) is 63.5 cm³/mol. The van der Waals surface area contributed by atoms with Gasteiger partial charge in [-0.3, -0.25) is 5.43 Å². The molecule has 0 spiro atoms. The summed E-state index contributed by atoms with van der Waals surface area (Å²) >= 11 is 4.99. The lowest BCUT2D eigenvalue weighted by atomic mass is 10.3. The maximum absolute atomic E-state index is 4.99. The zero-order valence-corrected chi connectivity index (χ0v) is 8.77. The number of hydrogen-bond acceptors (Lipinski definition) is 2. The Bertz CT molecular complexity index is 308. The molecule has 4 heteroatoms. The van der Waals surface area contributed by atoms with E-state index in [-0.39, 0.29) is 0 Å². The van der Waals surface area contributed by atoms with Gasteiger partial charge >= 0.3 is 0 Å². The van der Waals surface area contributed by atoms with Crippen LogP contribution in [-0.2, 0) is 0 Å². The molecule has 1 radical (unpaired) electrons. The Labute approximate surface area is 89.2 Å². The summed E-state index contributed by atoms with van der Waals surface area (Å²) < 4.78 is 0. The van der Waals surface area contributed by atoms with Gasteiger partial charge in [0.2, 0.25) is 0 Å². The minimum atomic E-state index is 0.470. The summed E-state index contributed by atoms with van der Waals surface area (Å²) in [4.78, 5) is 0. The van der Waals surface area contributed by atoms with E-state index in [0.717, 1.165) is 12.1 Å². The monoisotopic (exact) mass is 206 g/mol. The molecule has 0 aliphatic rings. The topological polar surface area (TPSA) is 36.4 Å². The fraction of sp³-hybridized carbons (Fsp3) is 0.200. The Morgan fingerprint density at radius 1 is 1.43 bits per heavy atom. The van der Waals surface area contributed by atoms with Crippen molar-refractivity contribution in [3.8, 4) is 0 Å². The Balaban J connectivity index is 2.38. The van der Waals surface area contributed by atoms with Crippen molar-refractivity contribution >= 4 is 29.2 Å². The number of rotatable bonds is 3. The summed E-state index contributed by atoms with van der Waals surface area (Å²) in [5.74, 6) is 0. The molecule has 73 valence electrons. The van der Waals surface area contributed by atoms with Crippen molar-refractivity contribution in [1.29, 1.82) is 0 Å². The number of benzene rings is 1. The van der Waals surface area contributed by atoms with Gasteiger partial charge in [0, 0.05) is 5.69 Å². The van der Waals surface area contributed by atoms with Gasteiger partial charge in [0.15, 0.2) is 5.11 Å². The van der Waals surface area contributed by atoms with Crippen molar-refractivity contribution in [2.75, 3.05) is 5.32 Å². The molecule has 1 aromatic rings. The third-order valence-corrected chi connectivity index (χ3v) is 1.62. The van der Waals surface area contributed by atoms with Crippen molar-refractivity contribution in [3.63, 3.8) is 0 Å². The van der Waals surface area contributed by atoms with Gasteiger partial charge in [-0.1, -0.05) is 25.1 Å². The molecule has 0 aliphatic heterocycles. The van der Waals surface area contributed by atoms with Crippen molar-refractivity contribution in [2.24, 2.45) is 5.10 Å². The van der Waals surface area contributed by atoms with Crippen LogP contribution in [0.3, 0.4) is 0 Å². The zero-order chi connectivity index (χ0) is 10.2. The molecule has 0 amide bonds. The molecule has 0 atom stereocenters. The Morgan fingerprint density at radius 2 is 2.14 bits per heavy atom. The minimum Gasteiger partial charge on any atom is -0.331 e. The molecule has 1 rings (SSSR count). The van der Waals surface area contributed by atoms with E-state index >= 15 is 0 Å². The summed E-state index contributed by atoms with van der Waals surface area (Å²) in [6.07, 6.45) is 3.52. The molecule has 0 aromatic heterocycles. The van der Waals surface area contributed by atoms with E-state index < -0.39 is 0 Å². The van der Waals surface area contributed by atoms with Gasteiger partial charge in [-0.25, -0.2) is 0 Å². The normalized spacial score (nSPS) is 10.1. The maximum atomic E-state index is 4.99. The van der Waals surface area contributed by atoms with Crippen LogP contribution in [0.15, 0.2) is 35.4 Å². The van der Waals surface area contributed by atoms with Crippen LogP contribution < -0.4 is 10.7 Å². The van der Waals surface area contributed by atoms with Gasteiger partial charge < -0.3 is 5.32 Å². The highest BCUT2D eigenvalue weighted by Gasteiger charge is 1.92. The number of anilines is 1. The van der Waals surface area contributed by atoms with Crippen molar-refractivity contribution < 1.29 is 0 Å². The molecule has 0 fully saturated rings. The SMILES string of the molecule is CC/[C]=N\NC(=S)Nc1ccccc1. The molecular weight excluding hydrogens is 194 g/mol. The highest BCUT2D eigenvalue weighted by molar-refractivity contribution is 7.80. The third-order valence-electron chi connectivity index (χ3n) is 1.43. The summed E-state index contributed by atoms with van der Waals surface area (Å²) in [5.41, 5.74) is 3.61. The van der Waals surface area contributed by atoms with Crippen molar-refractivity contribution in [2.45, 2.75) is 13.3 Å². The van der Waals surface area contributed by atoms with Crippen LogP contribution in [0.5, 0.6) is 0 Å². The molecule has 0 heterocycles. The molecule has 14 heavy (non-hydrogen) atoms. The molecule has 1 aromatic carbocycles. The largest absolute Gasteiger partial charge is 0.331 e. The molecule has 2 N–H and O–H groups in total. The number of hydrogen-bond donors (Lipinski definition) is 2. The number of nitrogens with one attached hydrogen (secondary N) is 2. The predicted octanol–water partition coefficient (Wildman–Crippen LogP) is 2.25. The van der Waals surface area contributed by atoms with Crippen LogP contribution in [-0.4, -0.2) is 11.3 Å². The van der Waals surface area contributed by atoms with Crippen LogP contribution in [0.2, 0.25) is 0 Å².